The van der Waals surface area contributed by atoms with E-state index < -0.39 is 0 Å². The highest BCUT2D eigenvalue weighted by Crippen LogP contribution is 2.33. The largest absolute Gasteiger partial charge is 0.340 e. The van der Waals surface area contributed by atoms with Gasteiger partial charge in [-0.15, -0.1) is 0 Å². The van der Waals surface area contributed by atoms with E-state index in [4.69, 9.17) is 16.7 Å². The smallest absolute Gasteiger partial charge is 0.228 e. The number of hydrogen-bond donors (Lipinski definition) is 0. The number of piperazine rings is 1. The second-order valence-electron chi connectivity index (χ2n) is 9.16. The molecule has 180 valence electrons. The van der Waals surface area contributed by atoms with E-state index in [2.05, 4.69) is 34.1 Å². The van der Waals surface area contributed by atoms with Crippen molar-refractivity contribution in [1.29, 1.82) is 0 Å². The molecule has 1 aliphatic rings. The molecule has 0 aliphatic carbocycles. The molecule has 2 aromatic heterocycles. The Balaban J connectivity index is 1.31. The van der Waals surface area contributed by atoms with Gasteiger partial charge in [-0.1, -0.05) is 78.3 Å². The number of carbonyl (C=O) groups excluding carboxylic acids is 1. The van der Waals surface area contributed by atoms with Crippen molar-refractivity contribution in [3.63, 3.8) is 0 Å². The number of hydrogen-bond acceptors (Lipinski definition) is 4. The number of halogens is 1. The Morgan fingerprint density at radius 3 is 2.25 bits per heavy atom. The van der Waals surface area contributed by atoms with Crippen molar-refractivity contribution >= 4 is 39.3 Å². The fourth-order valence-corrected chi connectivity index (χ4v) is 5.24. The van der Waals surface area contributed by atoms with Crippen LogP contribution in [0.2, 0.25) is 5.15 Å². The average molecular weight is 496 g/mol. The predicted molar refractivity (Wildman–Crippen MR) is 143 cm³/mol. The molecule has 7 heteroatoms. The summed E-state index contributed by atoms with van der Waals surface area (Å²) in [5.41, 5.74) is 4.45. The third-order valence-corrected chi connectivity index (χ3v) is 7.13. The van der Waals surface area contributed by atoms with E-state index in [0.717, 1.165) is 47.3 Å². The van der Waals surface area contributed by atoms with Crippen LogP contribution < -0.4 is 0 Å². The maximum absolute atomic E-state index is 13.6. The van der Waals surface area contributed by atoms with E-state index in [-0.39, 0.29) is 12.3 Å². The molecule has 3 aromatic carbocycles. The molecule has 1 aliphatic heterocycles. The Bertz CT molecular complexity index is 1530. The van der Waals surface area contributed by atoms with Gasteiger partial charge in [-0.2, -0.15) is 5.10 Å². The Morgan fingerprint density at radius 2 is 1.50 bits per heavy atom. The van der Waals surface area contributed by atoms with E-state index in [1.807, 2.05) is 70.2 Å². The summed E-state index contributed by atoms with van der Waals surface area (Å²) in [4.78, 5) is 22.5. The molecule has 36 heavy (non-hydrogen) atoms. The fraction of sp³-hybridized carbons (Fsp3) is 0.207. The minimum atomic E-state index is 0.102. The number of carbonyl (C=O) groups is 1. The van der Waals surface area contributed by atoms with Crippen molar-refractivity contribution in [1.82, 2.24) is 24.6 Å². The number of amides is 1. The lowest BCUT2D eigenvalue weighted by molar-refractivity contribution is -0.132. The molecule has 0 radical (unpaired) electrons. The Morgan fingerprint density at radius 1 is 0.833 bits per heavy atom. The monoisotopic (exact) mass is 495 g/mol. The Kier molecular flexibility index (Phi) is 6.13. The summed E-state index contributed by atoms with van der Waals surface area (Å²) in [7, 11) is 0. The predicted octanol–water partition coefficient (Wildman–Crippen LogP) is 5.11. The van der Waals surface area contributed by atoms with Crippen LogP contribution in [0.3, 0.4) is 0 Å². The minimum Gasteiger partial charge on any atom is -0.340 e. The van der Waals surface area contributed by atoms with Crippen LogP contribution in [-0.4, -0.2) is 56.7 Å². The number of fused-ring (bicyclic) bond motifs is 3. The van der Waals surface area contributed by atoms with E-state index in [1.54, 1.807) is 0 Å². The van der Waals surface area contributed by atoms with Crippen LogP contribution in [0, 0.1) is 0 Å². The first-order valence-electron chi connectivity index (χ1n) is 12.2. The van der Waals surface area contributed by atoms with Gasteiger partial charge in [-0.05, 0) is 23.8 Å². The molecule has 0 spiro atoms. The summed E-state index contributed by atoms with van der Waals surface area (Å²) in [6, 6.07) is 28.3. The topological polar surface area (TPSA) is 54.3 Å². The van der Waals surface area contributed by atoms with E-state index >= 15 is 0 Å². The first kappa shape index (κ1) is 22.7. The number of pyridine rings is 1. The average Bonchev–Trinajstić information content (AvgIpc) is 3.30. The van der Waals surface area contributed by atoms with Crippen molar-refractivity contribution < 1.29 is 4.79 Å². The highest BCUT2D eigenvalue weighted by molar-refractivity contribution is 6.35. The maximum Gasteiger partial charge on any atom is 0.228 e. The van der Waals surface area contributed by atoms with Gasteiger partial charge >= 0.3 is 0 Å². The van der Waals surface area contributed by atoms with Crippen molar-refractivity contribution in [3.05, 3.63) is 101 Å². The van der Waals surface area contributed by atoms with Gasteiger partial charge in [0.1, 0.15) is 5.52 Å². The van der Waals surface area contributed by atoms with Gasteiger partial charge in [0, 0.05) is 43.5 Å². The third-order valence-electron chi connectivity index (χ3n) is 6.86. The number of rotatable bonds is 5. The van der Waals surface area contributed by atoms with Crippen LogP contribution in [0.4, 0.5) is 0 Å². The lowest BCUT2D eigenvalue weighted by atomic mass is 10.1. The van der Waals surface area contributed by atoms with Gasteiger partial charge in [0.2, 0.25) is 5.91 Å². The zero-order valence-electron chi connectivity index (χ0n) is 19.8. The van der Waals surface area contributed by atoms with Crippen molar-refractivity contribution in [3.8, 4) is 5.69 Å². The van der Waals surface area contributed by atoms with Gasteiger partial charge < -0.3 is 4.90 Å². The lowest BCUT2D eigenvalue weighted by Crippen LogP contribution is -2.48. The van der Waals surface area contributed by atoms with Crippen LogP contribution in [0.25, 0.3) is 27.5 Å². The zero-order valence-corrected chi connectivity index (χ0v) is 20.6. The molecular weight excluding hydrogens is 470 g/mol. The van der Waals surface area contributed by atoms with Crippen LogP contribution in [-0.2, 0) is 17.8 Å². The van der Waals surface area contributed by atoms with Gasteiger partial charge in [0.25, 0.3) is 0 Å². The lowest BCUT2D eigenvalue weighted by Gasteiger charge is -2.35. The number of aromatic nitrogens is 3. The zero-order chi connectivity index (χ0) is 24.5. The molecular formula is C29H26ClN5O. The molecule has 0 saturated carbocycles. The molecule has 5 aromatic rings. The standard InChI is InChI=1S/C29H26ClN5O/c30-29-28-27(23-13-7-8-14-24(23)31-29)25(35(32-28)22-11-5-2-6-12-22)19-26(36)34-17-15-33(16-18-34)20-21-9-3-1-4-10-21/h1-14H,15-20H2. The summed E-state index contributed by atoms with van der Waals surface area (Å²) in [5, 5.41) is 7.03. The Labute approximate surface area is 214 Å². The second-order valence-corrected chi connectivity index (χ2v) is 9.51. The molecule has 0 atom stereocenters. The maximum atomic E-state index is 13.6. The van der Waals surface area contributed by atoms with Crippen LogP contribution in [0.15, 0.2) is 84.9 Å². The molecule has 6 nitrogen and oxygen atoms in total. The first-order chi connectivity index (χ1) is 17.7. The van der Waals surface area contributed by atoms with Crippen molar-refractivity contribution in [2.75, 3.05) is 26.2 Å². The quantitative estimate of drug-likeness (QED) is 0.318. The van der Waals surface area contributed by atoms with Gasteiger partial charge in [0.15, 0.2) is 5.15 Å². The molecule has 0 bridgehead atoms. The summed E-state index contributed by atoms with van der Waals surface area (Å²) in [6.07, 6.45) is 0.244. The van der Waals surface area contributed by atoms with Gasteiger partial charge in [-0.25, -0.2) is 9.67 Å². The molecule has 1 fully saturated rings. The summed E-state index contributed by atoms with van der Waals surface area (Å²) in [5.74, 6) is 0.102. The first-order valence-corrected chi connectivity index (χ1v) is 12.6. The SMILES string of the molecule is O=C(Cc1c2c(nn1-c1ccccc1)c(Cl)nc1ccccc12)N1CCN(Cc2ccccc2)CC1. The fourth-order valence-electron chi connectivity index (χ4n) is 5.02. The van der Waals surface area contributed by atoms with Crippen LogP contribution >= 0.6 is 11.6 Å². The number of benzene rings is 3. The molecule has 0 N–H and O–H groups in total. The van der Waals surface area contributed by atoms with E-state index in [1.165, 1.54) is 5.56 Å². The molecule has 1 amide bonds. The number of nitrogens with zero attached hydrogens (tertiary/aromatic N) is 5. The highest BCUT2D eigenvalue weighted by atomic mass is 35.5. The number of para-hydroxylation sites is 2. The summed E-state index contributed by atoms with van der Waals surface area (Å²) < 4.78 is 1.86. The normalized spacial score (nSPS) is 14.5. The van der Waals surface area contributed by atoms with Crippen molar-refractivity contribution in [2.24, 2.45) is 0 Å². The Hall–Kier alpha value is -3.74. The third kappa shape index (κ3) is 4.34. The van der Waals surface area contributed by atoms with E-state index in [9.17, 15) is 4.79 Å². The van der Waals surface area contributed by atoms with Crippen molar-refractivity contribution in [2.45, 2.75) is 13.0 Å². The van der Waals surface area contributed by atoms with Gasteiger partial charge in [-0.3, -0.25) is 9.69 Å². The van der Waals surface area contributed by atoms with Crippen LogP contribution in [0.1, 0.15) is 11.3 Å². The van der Waals surface area contributed by atoms with Crippen LogP contribution in [0.5, 0.6) is 0 Å². The van der Waals surface area contributed by atoms with E-state index in [0.29, 0.717) is 23.8 Å². The minimum absolute atomic E-state index is 0.102. The molecule has 6 rings (SSSR count). The second kappa shape index (κ2) is 9.72. The molecule has 1 saturated heterocycles. The summed E-state index contributed by atoms with van der Waals surface area (Å²) >= 11 is 6.59. The molecule has 3 heterocycles. The molecule has 0 unspecified atom stereocenters. The van der Waals surface area contributed by atoms with Gasteiger partial charge in [0.05, 0.1) is 23.3 Å². The highest BCUT2D eigenvalue weighted by Gasteiger charge is 2.26. The summed E-state index contributed by atoms with van der Waals surface area (Å²) in [6.45, 7) is 4.06.